The van der Waals surface area contributed by atoms with Crippen molar-refractivity contribution in [2.24, 2.45) is 5.92 Å². The molecule has 0 aliphatic heterocycles. The summed E-state index contributed by atoms with van der Waals surface area (Å²) in [6, 6.07) is 0. The van der Waals surface area contributed by atoms with E-state index in [-0.39, 0.29) is 0 Å². The first-order valence-electron chi connectivity index (χ1n) is 6.00. The van der Waals surface area contributed by atoms with Gasteiger partial charge in [-0.2, -0.15) is 0 Å². The summed E-state index contributed by atoms with van der Waals surface area (Å²) in [7, 11) is 1.69. The minimum Gasteiger partial charge on any atom is -0.389 e. The highest BCUT2D eigenvalue weighted by Crippen LogP contribution is 2.21. The van der Waals surface area contributed by atoms with Gasteiger partial charge in [0, 0.05) is 20.2 Å². The summed E-state index contributed by atoms with van der Waals surface area (Å²) in [5.41, 5.74) is -0.552. The Labute approximate surface area is 94.2 Å². The molecule has 0 aromatic rings. The van der Waals surface area contributed by atoms with Gasteiger partial charge in [0.05, 0.1) is 12.2 Å². The van der Waals surface area contributed by atoms with Crippen LogP contribution in [0.3, 0.4) is 0 Å². The lowest BCUT2D eigenvalue weighted by atomic mass is 9.88. The van der Waals surface area contributed by atoms with Gasteiger partial charge in [0.15, 0.2) is 0 Å². The van der Waals surface area contributed by atoms with Gasteiger partial charge in [-0.05, 0) is 18.8 Å². The molecule has 0 spiro atoms. The van der Waals surface area contributed by atoms with Gasteiger partial charge in [0.25, 0.3) is 0 Å². The topological polar surface area (TPSA) is 41.5 Å². The third-order valence-electron chi connectivity index (χ3n) is 3.02. The molecule has 0 fully saturated rings. The maximum absolute atomic E-state index is 10.3. The van der Waals surface area contributed by atoms with E-state index in [9.17, 15) is 5.11 Å². The van der Waals surface area contributed by atoms with Crippen molar-refractivity contribution >= 4 is 0 Å². The van der Waals surface area contributed by atoms with Gasteiger partial charge in [-0.25, -0.2) is 0 Å². The second kappa shape index (κ2) is 8.08. The van der Waals surface area contributed by atoms with Crippen molar-refractivity contribution < 1.29 is 9.84 Å². The molecule has 2 atom stereocenters. The zero-order chi connectivity index (χ0) is 11.7. The average Bonchev–Trinajstić information content (AvgIpc) is 2.24. The van der Waals surface area contributed by atoms with Crippen LogP contribution >= 0.6 is 0 Å². The molecule has 0 bridgehead atoms. The van der Waals surface area contributed by atoms with Gasteiger partial charge >= 0.3 is 0 Å². The average molecular weight is 217 g/mol. The number of hydrogen-bond acceptors (Lipinski definition) is 3. The van der Waals surface area contributed by atoms with Crippen molar-refractivity contribution in [1.82, 2.24) is 5.32 Å². The molecule has 0 aliphatic rings. The van der Waals surface area contributed by atoms with Gasteiger partial charge in [-0.15, -0.1) is 0 Å². The summed E-state index contributed by atoms with van der Waals surface area (Å²) in [6.45, 7) is 8.56. The fraction of sp³-hybridized carbons (Fsp3) is 1.00. The lowest BCUT2D eigenvalue weighted by Crippen LogP contribution is -2.42. The van der Waals surface area contributed by atoms with Crippen LogP contribution < -0.4 is 5.32 Å². The first-order valence-corrected chi connectivity index (χ1v) is 6.00. The van der Waals surface area contributed by atoms with Gasteiger partial charge in [-0.1, -0.05) is 27.2 Å². The Hall–Kier alpha value is -0.120. The van der Waals surface area contributed by atoms with Crippen molar-refractivity contribution in [3.05, 3.63) is 0 Å². The molecule has 0 rings (SSSR count). The SMILES string of the molecule is CCC(C)CC(O)(CC)CNCCOC. The van der Waals surface area contributed by atoms with Gasteiger partial charge in [0.2, 0.25) is 0 Å². The molecule has 2 N–H and O–H groups in total. The fourth-order valence-electron chi connectivity index (χ4n) is 1.63. The Kier molecular flexibility index (Phi) is 8.02. The van der Waals surface area contributed by atoms with Crippen molar-refractivity contribution in [3.63, 3.8) is 0 Å². The first kappa shape index (κ1) is 14.9. The zero-order valence-corrected chi connectivity index (χ0v) is 10.7. The van der Waals surface area contributed by atoms with Crippen molar-refractivity contribution in [1.29, 1.82) is 0 Å². The Morgan fingerprint density at radius 1 is 1.40 bits per heavy atom. The second-order valence-corrected chi connectivity index (χ2v) is 4.47. The van der Waals surface area contributed by atoms with Gasteiger partial charge in [0.1, 0.15) is 0 Å². The van der Waals surface area contributed by atoms with Gasteiger partial charge < -0.3 is 15.2 Å². The summed E-state index contributed by atoms with van der Waals surface area (Å²) >= 11 is 0. The highest BCUT2D eigenvalue weighted by atomic mass is 16.5. The fourth-order valence-corrected chi connectivity index (χ4v) is 1.63. The third-order valence-corrected chi connectivity index (χ3v) is 3.02. The maximum atomic E-state index is 10.3. The smallest absolute Gasteiger partial charge is 0.0771 e. The predicted octanol–water partition coefficient (Wildman–Crippen LogP) is 1.80. The summed E-state index contributed by atoms with van der Waals surface area (Å²) in [5, 5.41) is 13.5. The minimum absolute atomic E-state index is 0.552. The second-order valence-electron chi connectivity index (χ2n) is 4.47. The number of rotatable bonds is 9. The van der Waals surface area contributed by atoms with Crippen molar-refractivity contribution in [2.45, 2.75) is 45.6 Å². The van der Waals surface area contributed by atoms with Crippen LogP contribution in [0.1, 0.15) is 40.0 Å². The van der Waals surface area contributed by atoms with E-state index in [4.69, 9.17) is 4.74 Å². The maximum Gasteiger partial charge on any atom is 0.0771 e. The van der Waals surface area contributed by atoms with Crippen LogP contribution in [0.25, 0.3) is 0 Å². The number of nitrogens with one attached hydrogen (secondary N) is 1. The molecule has 15 heavy (non-hydrogen) atoms. The van der Waals surface area contributed by atoms with Crippen molar-refractivity contribution in [3.8, 4) is 0 Å². The first-order chi connectivity index (χ1) is 7.08. The zero-order valence-electron chi connectivity index (χ0n) is 10.7. The summed E-state index contributed by atoms with van der Waals surface area (Å²) in [6.07, 6.45) is 2.80. The molecule has 3 heteroatoms. The normalized spacial score (nSPS) is 17.4. The van der Waals surface area contributed by atoms with E-state index < -0.39 is 5.60 Å². The molecule has 3 nitrogen and oxygen atoms in total. The molecule has 0 amide bonds. The van der Waals surface area contributed by atoms with Gasteiger partial charge in [-0.3, -0.25) is 0 Å². The summed E-state index contributed by atoms with van der Waals surface area (Å²) in [5.74, 6) is 0.583. The highest BCUT2D eigenvalue weighted by molar-refractivity contribution is 4.81. The quantitative estimate of drug-likeness (QED) is 0.579. The van der Waals surface area contributed by atoms with Crippen LogP contribution in [0.4, 0.5) is 0 Å². The van der Waals surface area contributed by atoms with Crippen LogP contribution in [-0.2, 0) is 4.74 Å². The van der Waals surface area contributed by atoms with Crippen LogP contribution in [-0.4, -0.2) is 37.5 Å². The molecule has 0 aromatic carbocycles. The lowest BCUT2D eigenvalue weighted by molar-refractivity contribution is 0.0127. The summed E-state index contributed by atoms with van der Waals surface area (Å²) < 4.78 is 4.95. The summed E-state index contributed by atoms with van der Waals surface area (Å²) in [4.78, 5) is 0. The number of aliphatic hydroxyl groups is 1. The molecule has 2 unspecified atom stereocenters. The number of ether oxygens (including phenoxy) is 1. The van der Waals surface area contributed by atoms with E-state index >= 15 is 0 Å². The predicted molar refractivity (Wildman–Crippen MR) is 64.1 cm³/mol. The third kappa shape index (κ3) is 6.88. The van der Waals surface area contributed by atoms with E-state index in [1.165, 1.54) is 0 Å². The Morgan fingerprint density at radius 3 is 2.53 bits per heavy atom. The number of methoxy groups -OCH3 is 1. The molecule has 0 aliphatic carbocycles. The highest BCUT2D eigenvalue weighted by Gasteiger charge is 2.25. The molecule has 0 aromatic heterocycles. The lowest BCUT2D eigenvalue weighted by Gasteiger charge is -2.29. The molecule has 0 heterocycles. The minimum atomic E-state index is -0.552. The largest absolute Gasteiger partial charge is 0.389 e. The Balaban J connectivity index is 3.85. The molecule has 0 saturated carbocycles. The van der Waals surface area contributed by atoms with Crippen LogP contribution in [0.2, 0.25) is 0 Å². The van der Waals surface area contributed by atoms with E-state index in [1.54, 1.807) is 7.11 Å². The Bertz CT molecular complexity index is 153. The molecule has 0 radical (unpaired) electrons. The van der Waals surface area contributed by atoms with Crippen molar-refractivity contribution in [2.75, 3.05) is 26.8 Å². The van der Waals surface area contributed by atoms with Crippen LogP contribution in [0.15, 0.2) is 0 Å². The standard InChI is InChI=1S/C12H27NO2/c1-5-11(3)9-12(14,6-2)10-13-7-8-15-4/h11,13-14H,5-10H2,1-4H3. The van der Waals surface area contributed by atoms with Crippen LogP contribution in [0.5, 0.6) is 0 Å². The van der Waals surface area contributed by atoms with E-state index in [1.807, 2.05) is 6.92 Å². The van der Waals surface area contributed by atoms with E-state index in [2.05, 4.69) is 19.2 Å². The molecule has 92 valence electrons. The molecule has 0 saturated heterocycles. The van der Waals surface area contributed by atoms with Crippen LogP contribution in [0, 0.1) is 5.92 Å². The molecular formula is C12H27NO2. The molecular weight excluding hydrogens is 190 g/mol. The van der Waals surface area contributed by atoms with E-state index in [0.29, 0.717) is 19.1 Å². The monoisotopic (exact) mass is 217 g/mol. The number of hydrogen-bond donors (Lipinski definition) is 2. The Morgan fingerprint density at radius 2 is 2.07 bits per heavy atom. The van der Waals surface area contributed by atoms with E-state index in [0.717, 1.165) is 25.8 Å².